The first-order chi connectivity index (χ1) is 10.2. The molecule has 110 valence electrons. The molecule has 0 bridgehead atoms. The fraction of sp³-hybridized carbons (Fsp3) is 0.533. The van der Waals surface area contributed by atoms with Gasteiger partial charge < -0.3 is 14.2 Å². The van der Waals surface area contributed by atoms with E-state index in [1.54, 1.807) is 19.4 Å². The van der Waals surface area contributed by atoms with Gasteiger partial charge in [0.25, 0.3) is 5.89 Å². The topological polar surface area (TPSA) is 87.7 Å². The van der Waals surface area contributed by atoms with Crippen molar-refractivity contribution in [3.8, 4) is 17.5 Å². The van der Waals surface area contributed by atoms with Gasteiger partial charge in [-0.15, -0.1) is 0 Å². The van der Waals surface area contributed by atoms with Crippen LogP contribution in [0, 0.1) is 17.2 Å². The van der Waals surface area contributed by atoms with Crippen molar-refractivity contribution in [1.29, 1.82) is 5.26 Å². The Morgan fingerprint density at radius 3 is 2.86 bits per heavy atom. The summed E-state index contributed by atoms with van der Waals surface area (Å²) < 4.78 is 11.1. The van der Waals surface area contributed by atoms with Crippen LogP contribution < -0.4 is 0 Å². The molecule has 0 aromatic carbocycles. The standard InChI is InChI=1S/C15H18N4O2/c1-10-3-5-15(20-2,6-4-10)14-18-13(21-19-14)11-7-12(8-16)17-9-11/h7,9-10,17H,3-6H2,1-2H3. The number of H-pyrrole nitrogens is 1. The summed E-state index contributed by atoms with van der Waals surface area (Å²) in [6, 6.07) is 3.73. The number of nitrogens with zero attached hydrogens (tertiary/aromatic N) is 3. The number of aromatic nitrogens is 3. The zero-order valence-corrected chi connectivity index (χ0v) is 12.2. The summed E-state index contributed by atoms with van der Waals surface area (Å²) in [7, 11) is 1.70. The van der Waals surface area contributed by atoms with Crippen LogP contribution in [0.2, 0.25) is 0 Å². The molecule has 0 amide bonds. The van der Waals surface area contributed by atoms with E-state index in [1.165, 1.54) is 0 Å². The van der Waals surface area contributed by atoms with Gasteiger partial charge in [-0.3, -0.25) is 0 Å². The molecule has 0 spiro atoms. The van der Waals surface area contributed by atoms with Gasteiger partial charge in [-0.2, -0.15) is 10.2 Å². The first-order valence-electron chi connectivity index (χ1n) is 7.15. The Morgan fingerprint density at radius 1 is 1.48 bits per heavy atom. The summed E-state index contributed by atoms with van der Waals surface area (Å²) >= 11 is 0. The van der Waals surface area contributed by atoms with Crippen molar-refractivity contribution in [1.82, 2.24) is 15.1 Å². The maximum Gasteiger partial charge on any atom is 0.259 e. The van der Waals surface area contributed by atoms with Crippen LogP contribution in [0.3, 0.4) is 0 Å². The molecular formula is C15H18N4O2. The van der Waals surface area contributed by atoms with E-state index < -0.39 is 5.60 Å². The van der Waals surface area contributed by atoms with Crippen LogP contribution >= 0.6 is 0 Å². The Balaban J connectivity index is 1.88. The third-order valence-electron chi connectivity index (χ3n) is 4.36. The molecule has 0 radical (unpaired) electrons. The van der Waals surface area contributed by atoms with Crippen LogP contribution in [0.15, 0.2) is 16.8 Å². The predicted molar refractivity (Wildman–Crippen MR) is 75.1 cm³/mol. The molecule has 2 aromatic rings. The largest absolute Gasteiger partial charge is 0.370 e. The number of hydrogen-bond donors (Lipinski definition) is 1. The Labute approximate surface area is 123 Å². The molecule has 6 heteroatoms. The maximum absolute atomic E-state index is 8.84. The van der Waals surface area contributed by atoms with Crippen LogP contribution in [-0.2, 0) is 10.3 Å². The molecule has 1 fully saturated rings. The smallest absolute Gasteiger partial charge is 0.259 e. The van der Waals surface area contributed by atoms with E-state index in [-0.39, 0.29) is 0 Å². The molecule has 0 unspecified atom stereocenters. The molecule has 6 nitrogen and oxygen atoms in total. The second kappa shape index (κ2) is 5.34. The average molecular weight is 286 g/mol. The number of nitriles is 1. The number of ether oxygens (including phenoxy) is 1. The Hall–Kier alpha value is -2.13. The van der Waals surface area contributed by atoms with Crippen molar-refractivity contribution in [3.63, 3.8) is 0 Å². The lowest BCUT2D eigenvalue weighted by Gasteiger charge is -2.35. The third kappa shape index (κ3) is 2.45. The van der Waals surface area contributed by atoms with Crippen molar-refractivity contribution in [2.24, 2.45) is 5.92 Å². The lowest BCUT2D eigenvalue weighted by Crippen LogP contribution is -2.34. The van der Waals surface area contributed by atoms with Gasteiger partial charge in [0.1, 0.15) is 17.4 Å². The highest BCUT2D eigenvalue weighted by molar-refractivity contribution is 5.54. The number of rotatable bonds is 3. The van der Waals surface area contributed by atoms with Gasteiger partial charge in [-0.1, -0.05) is 12.1 Å². The molecule has 1 aliphatic rings. The van der Waals surface area contributed by atoms with Crippen LogP contribution in [0.5, 0.6) is 0 Å². The summed E-state index contributed by atoms with van der Waals surface area (Å²) in [6.45, 7) is 2.25. The number of nitrogens with one attached hydrogen (secondary N) is 1. The predicted octanol–water partition coefficient (Wildman–Crippen LogP) is 2.99. The quantitative estimate of drug-likeness (QED) is 0.937. The van der Waals surface area contributed by atoms with Crippen LogP contribution in [0.25, 0.3) is 11.5 Å². The number of hydrogen-bond acceptors (Lipinski definition) is 5. The van der Waals surface area contributed by atoms with E-state index in [1.807, 2.05) is 6.07 Å². The highest BCUT2D eigenvalue weighted by Crippen LogP contribution is 2.41. The van der Waals surface area contributed by atoms with Crippen molar-refractivity contribution < 1.29 is 9.26 Å². The molecule has 0 saturated heterocycles. The van der Waals surface area contributed by atoms with Gasteiger partial charge in [0.15, 0.2) is 0 Å². The lowest BCUT2D eigenvalue weighted by molar-refractivity contribution is -0.0609. The second-order valence-corrected chi connectivity index (χ2v) is 5.72. The second-order valence-electron chi connectivity index (χ2n) is 5.72. The van der Waals surface area contributed by atoms with E-state index in [2.05, 4.69) is 22.0 Å². The van der Waals surface area contributed by atoms with E-state index in [0.717, 1.165) is 31.2 Å². The highest BCUT2D eigenvalue weighted by Gasteiger charge is 2.40. The zero-order chi connectivity index (χ0) is 14.9. The molecule has 1 N–H and O–H groups in total. The zero-order valence-electron chi connectivity index (χ0n) is 12.2. The molecule has 3 rings (SSSR count). The molecule has 0 aliphatic heterocycles. The van der Waals surface area contributed by atoms with E-state index in [9.17, 15) is 0 Å². The van der Waals surface area contributed by atoms with Crippen molar-refractivity contribution >= 4 is 0 Å². The van der Waals surface area contributed by atoms with Gasteiger partial charge in [0.05, 0.1) is 5.56 Å². The van der Waals surface area contributed by atoms with Gasteiger partial charge in [-0.25, -0.2) is 0 Å². The third-order valence-corrected chi connectivity index (χ3v) is 4.36. The normalized spacial score (nSPS) is 25.7. The summed E-state index contributed by atoms with van der Waals surface area (Å²) in [4.78, 5) is 7.34. The molecule has 2 aromatic heterocycles. The monoisotopic (exact) mass is 286 g/mol. The highest BCUT2D eigenvalue weighted by atomic mass is 16.5. The van der Waals surface area contributed by atoms with Crippen LogP contribution in [-0.4, -0.2) is 22.2 Å². The van der Waals surface area contributed by atoms with E-state index in [0.29, 0.717) is 23.3 Å². The minimum absolute atomic E-state index is 0.415. The molecule has 0 atom stereocenters. The van der Waals surface area contributed by atoms with Gasteiger partial charge in [-0.05, 0) is 37.7 Å². The van der Waals surface area contributed by atoms with Crippen molar-refractivity contribution in [3.05, 3.63) is 23.8 Å². The fourth-order valence-electron chi connectivity index (χ4n) is 2.86. The average Bonchev–Trinajstić information content (AvgIpc) is 3.17. The molecule has 1 aliphatic carbocycles. The maximum atomic E-state index is 8.84. The van der Waals surface area contributed by atoms with E-state index in [4.69, 9.17) is 14.5 Å². The molecule has 2 heterocycles. The minimum Gasteiger partial charge on any atom is -0.370 e. The molecular weight excluding hydrogens is 268 g/mol. The lowest BCUT2D eigenvalue weighted by atomic mass is 9.79. The van der Waals surface area contributed by atoms with E-state index >= 15 is 0 Å². The van der Waals surface area contributed by atoms with Crippen LogP contribution in [0.4, 0.5) is 0 Å². The number of methoxy groups -OCH3 is 1. The first-order valence-corrected chi connectivity index (χ1v) is 7.15. The molecule has 21 heavy (non-hydrogen) atoms. The fourth-order valence-corrected chi connectivity index (χ4v) is 2.86. The Morgan fingerprint density at radius 2 is 2.24 bits per heavy atom. The van der Waals surface area contributed by atoms with Crippen LogP contribution in [0.1, 0.15) is 44.1 Å². The molecule has 1 saturated carbocycles. The van der Waals surface area contributed by atoms with Crippen molar-refractivity contribution in [2.45, 2.75) is 38.2 Å². The van der Waals surface area contributed by atoms with Gasteiger partial charge in [0, 0.05) is 13.3 Å². The minimum atomic E-state index is -0.442. The summed E-state index contributed by atoms with van der Waals surface area (Å²) in [5, 5.41) is 13.0. The van der Waals surface area contributed by atoms with Crippen molar-refractivity contribution in [2.75, 3.05) is 7.11 Å². The Bertz CT molecular complexity index is 659. The summed E-state index contributed by atoms with van der Waals surface area (Å²) in [5.41, 5.74) is 0.751. The summed E-state index contributed by atoms with van der Waals surface area (Å²) in [5.74, 6) is 1.73. The first kappa shape index (κ1) is 13.8. The number of aromatic amines is 1. The SMILES string of the molecule is COC1(c2noc(-c3c[nH]c(C#N)c3)n2)CCC(C)CC1. The Kier molecular flexibility index (Phi) is 3.52. The summed E-state index contributed by atoms with van der Waals surface area (Å²) in [6.07, 6.45) is 5.69. The van der Waals surface area contributed by atoms with Gasteiger partial charge in [0.2, 0.25) is 5.82 Å². The van der Waals surface area contributed by atoms with Gasteiger partial charge >= 0.3 is 0 Å².